The van der Waals surface area contributed by atoms with Crippen LogP contribution in [0.25, 0.3) is 0 Å². The van der Waals surface area contributed by atoms with E-state index in [4.69, 9.17) is 10.5 Å². The summed E-state index contributed by atoms with van der Waals surface area (Å²) in [5.74, 6) is -1.26. The number of ether oxygens (including phenoxy) is 1. The highest BCUT2D eigenvalue weighted by Gasteiger charge is 2.36. The quantitative estimate of drug-likeness (QED) is 0.701. The van der Waals surface area contributed by atoms with E-state index < -0.39 is 17.9 Å². The van der Waals surface area contributed by atoms with Crippen molar-refractivity contribution in [1.82, 2.24) is 4.90 Å². The predicted molar refractivity (Wildman–Crippen MR) is 101 cm³/mol. The Kier molecular flexibility index (Phi) is 7.18. The SMILES string of the molecule is COc1ccccc1N(CCC(N)=O)C(=O)CN1CCCC(C)C1C(=O)O. The van der Waals surface area contributed by atoms with Gasteiger partial charge in [-0.25, -0.2) is 0 Å². The molecule has 0 spiro atoms. The molecule has 1 aromatic carbocycles. The van der Waals surface area contributed by atoms with Crippen molar-refractivity contribution in [3.05, 3.63) is 24.3 Å². The number of hydrogen-bond acceptors (Lipinski definition) is 5. The first-order chi connectivity index (χ1) is 12.8. The fourth-order valence-electron chi connectivity index (χ4n) is 3.56. The molecule has 2 atom stereocenters. The van der Waals surface area contributed by atoms with E-state index >= 15 is 0 Å². The second-order valence-electron chi connectivity index (χ2n) is 6.81. The number of rotatable bonds is 8. The van der Waals surface area contributed by atoms with Gasteiger partial charge in [0.05, 0.1) is 19.3 Å². The number of primary amides is 1. The first-order valence-electron chi connectivity index (χ1n) is 9.03. The van der Waals surface area contributed by atoms with E-state index in [-0.39, 0.29) is 31.3 Å². The lowest BCUT2D eigenvalue weighted by molar-refractivity contribution is -0.147. The standard InChI is InChI=1S/C19H27N3O5/c1-13-6-5-10-21(18(13)19(25)26)12-17(24)22(11-9-16(20)23)14-7-3-4-8-15(14)27-2/h3-4,7-8,13,18H,5-6,9-12H2,1-2H3,(H2,20,23)(H,25,26). The van der Waals surface area contributed by atoms with Crippen LogP contribution >= 0.6 is 0 Å². The van der Waals surface area contributed by atoms with Gasteiger partial charge < -0.3 is 20.5 Å². The monoisotopic (exact) mass is 377 g/mol. The number of carbonyl (C=O) groups excluding carboxylic acids is 2. The van der Waals surface area contributed by atoms with Gasteiger partial charge >= 0.3 is 5.97 Å². The predicted octanol–water partition coefficient (Wildman–Crippen LogP) is 1.09. The second kappa shape index (κ2) is 9.36. The van der Waals surface area contributed by atoms with E-state index in [1.807, 2.05) is 6.92 Å². The smallest absolute Gasteiger partial charge is 0.321 e. The number of para-hydroxylation sites is 2. The molecule has 1 fully saturated rings. The lowest BCUT2D eigenvalue weighted by Gasteiger charge is -2.37. The van der Waals surface area contributed by atoms with Gasteiger partial charge in [-0.05, 0) is 37.4 Å². The zero-order chi connectivity index (χ0) is 20.0. The average molecular weight is 377 g/mol. The molecule has 0 bridgehead atoms. The molecule has 2 unspecified atom stereocenters. The molecule has 148 valence electrons. The van der Waals surface area contributed by atoms with Crippen molar-refractivity contribution in [2.45, 2.75) is 32.2 Å². The minimum Gasteiger partial charge on any atom is -0.495 e. The van der Waals surface area contributed by atoms with Crippen molar-refractivity contribution in [3.63, 3.8) is 0 Å². The average Bonchev–Trinajstić information content (AvgIpc) is 2.61. The van der Waals surface area contributed by atoms with Gasteiger partial charge in [0, 0.05) is 13.0 Å². The molecule has 1 saturated heterocycles. The minimum atomic E-state index is -0.920. The summed E-state index contributed by atoms with van der Waals surface area (Å²) in [6.07, 6.45) is 1.66. The number of aliphatic carboxylic acids is 1. The minimum absolute atomic E-state index is 0.00253. The normalized spacial score (nSPS) is 20.1. The van der Waals surface area contributed by atoms with Crippen molar-refractivity contribution < 1.29 is 24.2 Å². The Morgan fingerprint density at radius 2 is 2.04 bits per heavy atom. The van der Waals surface area contributed by atoms with E-state index in [1.165, 1.54) is 12.0 Å². The van der Waals surface area contributed by atoms with Gasteiger partial charge in [-0.3, -0.25) is 19.3 Å². The topological polar surface area (TPSA) is 113 Å². The molecule has 1 heterocycles. The molecule has 3 N–H and O–H groups in total. The summed E-state index contributed by atoms with van der Waals surface area (Å²) < 4.78 is 5.33. The van der Waals surface area contributed by atoms with Crippen LogP contribution in [0.15, 0.2) is 24.3 Å². The van der Waals surface area contributed by atoms with Crippen LogP contribution in [0.3, 0.4) is 0 Å². The number of benzene rings is 1. The number of carboxylic acid groups (broad SMARTS) is 1. The van der Waals surface area contributed by atoms with Gasteiger partial charge in [-0.15, -0.1) is 0 Å². The molecule has 8 heteroatoms. The van der Waals surface area contributed by atoms with Crippen LogP contribution in [-0.4, -0.2) is 60.6 Å². The molecule has 27 heavy (non-hydrogen) atoms. The Hall–Kier alpha value is -2.61. The Morgan fingerprint density at radius 1 is 1.33 bits per heavy atom. The molecular weight excluding hydrogens is 350 g/mol. The van der Waals surface area contributed by atoms with E-state index in [0.717, 1.165) is 12.8 Å². The molecule has 2 amide bonds. The van der Waals surface area contributed by atoms with E-state index in [1.54, 1.807) is 29.2 Å². The third-order valence-corrected chi connectivity index (χ3v) is 4.89. The maximum Gasteiger partial charge on any atom is 0.321 e. The Balaban J connectivity index is 2.25. The number of carboxylic acids is 1. The van der Waals surface area contributed by atoms with Gasteiger partial charge in [0.2, 0.25) is 11.8 Å². The number of piperidine rings is 1. The Morgan fingerprint density at radius 3 is 2.67 bits per heavy atom. The number of nitrogens with zero attached hydrogens (tertiary/aromatic N) is 2. The molecule has 1 aliphatic rings. The van der Waals surface area contributed by atoms with Crippen LogP contribution in [-0.2, 0) is 14.4 Å². The fraction of sp³-hybridized carbons (Fsp3) is 0.526. The molecular formula is C19H27N3O5. The third kappa shape index (κ3) is 5.19. The van der Waals surface area contributed by atoms with Gasteiger partial charge in [-0.2, -0.15) is 0 Å². The van der Waals surface area contributed by atoms with Crippen LogP contribution in [0.5, 0.6) is 5.75 Å². The molecule has 0 aromatic heterocycles. The Labute approximate surface area is 158 Å². The number of amides is 2. The number of hydrogen-bond donors (Lipinski definition) is 2. The summed E-state index contributed by atoms with van der Waals surface area (Å²) in [7, 11) is 1.50. The van der Waals surface area contributed by atoms with E-state index in [0.29, 0.717) is 18.0 Å². The number of carbonyl (C=O) groups is 3. The lowest BCUT2D eigenvalue weighted by Crippen LogP contribution is -2.53. The van der Waals surface area contributed by atoms with Crippen molar-refractivity contribution in [2.24, 2.45) is 11.7 Å². The van der Waals surface area contributed by atoms with Gasteiger partial charge in [0.15, 0.2) is 0 Å². The third-order valence-electron chi connectivity index (χ3n) is 4.89. The summed E-state index contributed by atoms with van der Waals surface area (Å²) >= 11 is 0. The number of anilines is 1. The van der Waals surface area contributed by atoms with Crippen molar-refractivity contribution >= 4 is 23.5 Å². The Bertz CT molecular complexity index is 694. The first-order valence-corrected chi connectivity index (χ1v) is 9.03. The molecule has 1 aliphatic heterocycles. The van der Waals surface area contributed by atoms with Crippen LogP contribution in [0.2, 0.25) is 0 Å². The molecule has 0 radical (unpaired) electrons. The van der Waals surface area contributed by atoms with Gasteiger partial charge in [0.25, 0.3) is 0 Å². The van der Waals surface area contributed by atoms with Gasteiger partial charge in [-0.1, -0.05) is 19.1 Å². The summed E-state index contributed by atoms with van der Waals surface area (Å²) in [5.41, 5.74) is 5.79. The largest absolute Gasteiger partial charge is 0.495 e. The zero-order valence-corrected chi connectivity index (χ0v) is 15.8. The maximum absolute atomic E-state index is 13.1. The number of methoxy groups -OCH3 is 1. The van der Waals surface area contributed by atoms with Crippen LogP contribution in [0.4, 0.5) is 5.69 Å². The molecule has 8 nitrogen and oxygen atoms in total. The second-order valence-corrected chi connectivity index (χ2v) is 6.81. The molecule has 2 rings (SSSR count). The zero-order valence-electron chi connectivity index (χ0n) is 15.8. The summed E-state index contributed by atoms with van der Waals surface area (Å²) in [6.45, 7) is 2.50. The molecule has 0 saturated carbocycles. The van der Waals surface area contributed by atoms with Crippen molar-refractivity contribution in [1.29, 1.82) is 0 Å². The highest BCUT2D eigenvalue weighted by atomic mass is 16.5. The maximum atomic E-state index is 13.1. The van der Waals surface area contributed by atoms with Crippen LogP contribution in [0, 0.1) is 5.92 Å². The van der Waals surface area contributed by atoms with E-state index in [2.05, 4.69) is 0 Å². The first kappa shape index (κ1) is 20.7. The molecule has 0 aliphatic carbocycles. The summed E-state index contributed by atoms with van der Waals surface area (Å²) in [4.78, 5) is 39.1. The number of likely N-dealkylation sites (tertiary alicyclic amines) is 1. The summed E-state index contributed by atoms with van der Waals surface area (Å²) in [6, 6.07) is 6.31. The highest BCUT2D eigenvalue weighted by molar-refractivity contribution is 5.97. The fourth-order valence-corrected chi connectivity index (χ4v) is 3.56. The van der Waals surface area contributed by atoms with Crippen LogP contribution in [0.1, 0.15) is 26.2 Å². The summed E-state index contributed by atoms with van der Waals surface area (Å²) in [5, 5.41) is 9.56. The van der Waals surface area contributed by atoms with Crippen molar-refractivity contribution in [2.75, 3.05) is 31.6 Å². The molecule has 1 aromatic rings. The van der Waals surface area contributed by atoms with Crippen molar-refractivity contribution in [3.8, 4) is 5.75 Å². The van der Waals surface area contributed by atoms with Gasteiger partial charge in [0.1, 0.15) is 11.8 Å². The van der Waals surface area contributed by atoms with E-state index in [9.17, 15) is 19.5 Å². The highest BCUT2D eigenvalue weighted by Crippen LogP contribution is 2.29. The lowest BCUT2D eigenvalue weighted by atomic mass is 9.91. The number of nitrogens with two attached hydrogens (primary N) is 1. The van der Waals surface area contributed by atoms with Crippen LogP contribution < -0.4 is 15.4 Å².